The second-order valence-corrected chi connectivity index (χ2v) is 11.5. The van der Waals surface area contributed by atoms with Crippen LogP contribution in [0.5, 0.6) is 17.2 Å². The SMILES string of the molecule is CCOC(=O)C1=C(C)NC(=S)N[C@H]1c1ccccc1OCC(=O)NN=Cc1cc(I)c(OCc2cccc(C)c2)c(OCC)c1. The van der Waals surface area contributed by atoms with Crippen molar-refractivity contribution in [3.63, 3.8) is 0 Å². The summed E-state index contributed by atoms with van der Waals surface area (Å²) >= 11 is 7.53. The zero-order valence-electron chi connectivity index (χ0n) is 25.4. The van der Waals surface area contributed by atoms with E-state index in [4.69, 9.17) is 31.2 Å². The maximum absolute atomic E-state index is 12.8. The molecular formula is C33H35IN4O6S. The highest BCUT2D eigenvalue weighted by molar-refractivity contribution is 14.1. The number of halogens is 1. The number of hydrazone groups is 1. The fourth-order valence-corrected chi connectivity index (χ4v) is 5.69. The number of hydrogen-bond acceptors (Lipinski definition) is 8. The van der Waals surface area contributed by atoms with Crippen LogP contribution in [0, 0.1) is 10.5 Å². The topological polar surface area (TPSA) is 120 Å². The van der Waals surface area contributed by atoms with Gasteiger partial charge in [0.15, 0.2) is 23.2 Å². The quantitative estimate of drug-likeness (QED) is 0.0690. The first-order valence-electron chi connectivity index (χ1n) is 14.3. The number of allylic oxidation sites excluding steroid dienone is 1. The number of carbonyl (C=O) groups excluding carboxylic acids is 2. The Balaban J connectivity index is 1.41. The van der Waals surface area contributed by atoms with E-state index in [0.29, 0.717) is 52.4 Å². The number of ether oxygens (including phenoxy) is 4. The summed E-state index contributed by atoms with van der Waals surface area (Å²) in [5.41, 5.74) is 7.03. The Bertz CT molecular complexity index is 1630. The Kier molecular flexibility index (Phi) is 12.2. The highest BCUT2D eigenvalue weighted by atomic mass is 127. The minimum atomic E-state index is -0.624. The zero-order valence-corrected chi connectivity index (χ0v) is 28.4. The van der Waals surface area contributed by atoms with Crippen molar-refractivity contribution < 1.29 is 28.5 Å². The van der Waals surface area contributed by atoms with Gasteiger partial charge in [0.2, 0.25) is 0 Å². The van der Waals surface area contributed by atoms with Gasteiger partial charge in [-0.2, -0.15) is 5.10 Å². The van der Waals surface area contributed by atoms with Crippen molar-refractivity contribution in [2.75, 3.05) is 19.8 Å². The van der Waals surface area contributed by atoms with Gasteiger partial charge in [0, 0.05) is 11.3 Å². The first-order chi connectivity index (χ1) is 21.7. The second-order valence-electron chi connectivity index (χ2n) is 9.95. The minimum absolute atomic E-state index is 0.226. The molecule has 3 aromatic rings. The summed E-state index contributed by atoms with van der Waals surface area (Å²) < 4.78 is 24.0. The minimum Gasteiger partial charge on any atom is -0.490 e. The average Bonchev–Trinajstić information content (AvgIpc) is 2.99. The summed E-state index contributed by atoms with van der Waals surface area (Å²) in [6.45, 7) is 8.23. The van der Waals surface area contributed by atoms with Crippen LogP contribution >= 0.6 is 34.8 Å². The first kappa shape index (κ1) is 33.7. The lowest BCUT2D eigenvalue weighted by Gasteiger charge is -2.30. The van der Waals surface area contributed by atoms with Crippen molar-refractivity contribution in [1.82, 2.24) is 16.1 Å². The number of carbonyl (C=O) groups is 2. The third-order valence-corrected chi connectivity index (χ3v) is 7.57. The lowest BCUT2D eigenvalue weighted by molar-refractivity contribution is -0.139. The van der Waals surface area contributed by atoms with Gasteiger partial charge in [-0.3, -0.25) is 4.79 Å². The Labute approximate surface area is 281 Å². The number of aryl methyl sites for hydroxylation is 1. The van der Waals surface area contributed by atoms with Gasteiger partial charge in [-0.25, -0.2) is 10.2 Å². The van der Waals surface area contributed by atoms with Crippen molar-refractivity contribution in [1.29, 1.82) is 0 Å². The van der Waals surface area contributed by atoms with Gasteiger partial charge >= 0.3 is 5.97 Å². The molecule has 0 unspecified atom stereocenters. The lowest BCUT2D eigenvalue weighted by Crippen LogP contribution is -2.45. The summed E-state index contributed by atoms with van der Waals surface area (Å²) in [5, 5.41) is 10.5. The van der Waals surface area contributed by atoms with Gasteiger partial charge < -0.3 is 29.6 Å². The van der Waals surface area contributed by atoms with Gasteiger partial charge in [-0.1, -0.05) is 48.0 Å². The van der Waals surface area contributed by atoms with E-state index in [9.17, 15) is 9.59 Å². The lowest BCUT2D eigenvalue weighted by atomic mass is 9.95. The molecule has 3 N–H and O–H groups in total. The molecular weight excluding hydrogens is 707 g/mol. The number of amides is 1. The van der Waals surface area contributed by atoms with Crippen molar-refractivity contribution >= 4 is 58.0 Å². The molecule has 3 aromatic carbocycles. The molecule has 1 heterocycles. The van der Waals surface area contributed by atoms with Crippen LogP contribution < -0.4 is 30.3 Å². The Morgan fingerprint density at radius 2 is 1.80 bits per heavy atom. The van der Waals surface area contributed by atoms with E-state index in [1.54, 1.807) is 32.0 Å². The molecule has 10 nitrogen and oxygen atoms in total. The molecule has 4 rings (SSSR count). The molecule has 0 aliphatic carbocycles. The third kappa shape index (κ3) is 9.17. The van der Waals surface area contributed by atoms with Crippen molar-refractivity contribution in [2.24, 2.45) is 5.10 Å². The number of para-hydroxylation sites is 1. The summed E-state index contributed by atoms with van der Waals surface area (Å²) in [5.74, 6) is 0.697. The molecule has 236 valence electrons. The van der Waals surface area contributed by atoms with Crippen molar-refractivity contribution in [2.45, 2.75) is 40.3 Å². The van der Waals surface area contributed by atoms with E-state index in [-0.39, 0.29) is 13.2 Å². The normalized spacial score (nSPS) is 14.4. The van der Waals surface area contributed by atoms with Crippen molar-refractivity contribution in [3.05, 3.63) is 97.8 Å². The predicted molar refractivity (Wildman–Crippen MR) is 184 cm³/mol. The number of rotatable bonds is 13. The molecule has 45 heavy (non-hydrogen) atoms. The first-order valence-corrected chi connectivity index (χ1v) is 15.8. The van der Waals surface area contributed by atoms with Crippen LogP contribution in [0.4, 0.5) is 0 Å². The van der Waals surface area contributed by atoms with Crippen LogP contribution in [-0.2, 0) is 20.9 Å². The predicted octanol–water partition coefficient (Wildman–Crippen LogP) is 5.46. The molecule has 1 aliphatic heterocycles. The summed E-state index contributed by atoms with van der Waals surface area (Å²) in [4.78, 5) is 25.4. The number of hydrogen-bond donors (Lipinski definition) is 3. The third-order valence-electron chi connectivity index (χ3n) is 6.55. The van der Waals surface area contributed by atoms with Crippen molar-refractivity contribution in [3.8, 4) is 17.2 Å². The molecule has 1 amide bonds. The van der Waals surface area contributed by atoms with Gasteiger partial charge in [0.05, 0.1) is 34.6 Å². The molecule has 0 saturated carbocycles. The van der Waals surface area contributed by atoms with Crippen LogP contribution in [0.2, 0.25) is 0 Å². The van der Waals surface area contributed by atoms with Crippen LogP contribution in [0.25, 0.3) is 0 Å². The average molecular weight is 743 g/mol. The Morgan fingerprint density at radius 3 is 2.56 bits per heavy atom. The fraction of sp³-hybridized carbons (Fsp3) is 0.273. The second kappa shape index (κ2) is 16.2. The van der Waals surface area contributed by atoms with Crippen LogP contribution in [0.15, 0.2) is 77.0 Å². The molecule has 0 fully saturated rings. The Morgan fingerprint density at radius 1 is 1.00 bits per heavy atom. The van der Waals surface area contributed by atoms with E-state index in [1.807, 2.05) is 50.2 Å². The standard InChI is InChI=1S/C33H35IN4O6S/c1-5-41-27-16-23(15-25(34)31(27)44-18-22-11-9-10-20(3)14-22)17-35-38-28(39)19-43-26-13-8-7-12-24(26)30-29(32(40)42-6-2)21(4)36-33(45)37-30/h7-17,30H,5-6,18-19H2,1-4H3,(H,38,39)(H2,36,37,45)/t30-/m0/s1. The molecule has 0 saturated heterocycles. The van der Waals surface area contributed by atoms with Gasteiger partial charge in [0.1, 0.15) is 12.4 Å². The number of esters is 1. The maximum atomic E-state index is 12.8. The van der Waals surface area contributed by atoms with E-state index >= 15 is 0 Å². The van der Waals surface area contributed by atoms with E-state index < -0.39 is 17.9 Å². The van der Waals surface area contributed by atoms with Crippen LogP contribution in [0.3, 0.4) is 0 Å². The molecule has 1 atom stereocenters. The summed E-state index contributed by atoms with van der Waals surface area (Å²) in [6, 6.07) is 18.3. The van der Waals surface area contributed by atoms with E-state index in [0.717, 1.165) is 20.3 Å². The Hall–Kier alpha value is -4.17. The number of nitrogens with zero attached hydrogens (tertiary/aromatic N) is 1. The van der Waals surface area contributed by atoms with Gasteiger partial charge in [0.25, 0.3) is 5.91 Å². The molecule has 12 heteroatoms. The molecule has 0 radical (unpaired) electrons. The zero-order chi connectivity index (χ0) is 32.3. The number of thiocarbonyl (C=S) groups is 1. The fourth-order valence-electron chi connectivity index (χ4n) is 4.63. The van der Waals surface area contributed by atoms with Gasteiger partial charge in [-0.05, 0) is 91.8 Å². The maximum Gasteiger partial charge on any atom is 0.338 e. The highest BCUT2D eigenvalue weighted by Gasteiger charge is 2.32. The van der Waals surface area contributed by atoms with E-state index in [1.165, 1.54) is 6.21 Å². The molecule has 0 spiro atoms. The summed E-state index contributed by atoms with van der Waals surface area (Å²) in [7, 11) is 0. The molecule has 0 bridgehead atoms. The van der Waals surface area contributed by atoms with Gasteiger partial charge in [-0.15, -0.1) is 0 Å². The summed E-state index contributed by atoms with van der Waals surface area (Å²) in [6.07, 6.45) is 1.53. The largest absolute Gasteiger partial charge is 0.490 e. The van der Waals surface area contributed by atoms with Crippen LogP contribution in [0.1, 0.15) is 49.1 Å². The number of nitrogens with one attached hydrogen (secondary N) is 3. The van der Waals surface area contributed by atoms with E-state index in [2.05, 4.69) is 49.8 Å². The molecule has 0 aromatic heterocycles. The highest BCUT2D eigenvalue weighted by Crippen LogP contribution is 2.35. The monoisotopic (exact) mass is 742 g/mol. The van der Waals surface area contributed by atoms with Crippen LogP contribution in [-0.4, -0.2) is 43.0 Å². The smallest absolute Gasteiger partial charge is 0.338 e. The molecule has 1 aliphatic rings. The number of benzene rings is 3.